The van der Waals surface area contributed by atoms with Crippen LogP contribution in [0.25, 0.3) is 0 Å². The summed E-state index contributed by atoms with van der Waals surface area (Å²) in [7, 11) is 0. The molecule has 2 aromatic rings. The van der Waals surface area contributed by atoms with Crippen LogP contribution in [-0.2, 0) is 0 Å². The Morgan fingerprint density at radius 1 is 0.870 bits per heavy atom. The average Bonchev–Trinajstić information content (AvgIpc) is 2.64. The molecule has 3 heteroatoms. The SMILES string of the molecule is NCCC(C(c1ccccc1)c1ccccc1)N1CCNCC1. The van der Waals surface area contributed by atoms with Crippen LogP contribution in [0.5, 0.6) is 0 Å². The summed E-state index contributed by atoms with van der Waals surface area (Å²) < 4.78 is 0. The Labute approximate surface area is 139 Å². The normalized spacial score (nSPS) is 17.3. The van der Waals surface area contributed by atoms with Crippen molar-refractivity contribution >= 4 is 0 Å². The van der Waals surface area contributed by atoms with Gasteiger partial charge in [-0.25, -0.2) is 0 Å². The Morgan fingerprint density at radius 3 is 1.87 bits per heavy atom. The summed E-state index contributed by atoms with van der Waals surface area (Å²) >= 11 is 0. The number of benzene rings is 2. The Morgan fingerprint density at radius 2 is 1.39 bits per heavy atom. The molecule has 0 aliphatic carbocycles. The second-order valence-corrected chi connectivity index (χ2v) is 6.23. The molecule has 1 aliphatic heterocycles. The number of piperazine rings is 1. The van der Waals surface area contributed by atoms with Crippen LogP contribution in [0.15, 0.2) is 60.7 Å². The molecule has 0 amide bonds. The van der Waals surface area contributed by atoms with Gasteiger partial charge in [0.15, 0.2) is 0 Å². The molecule has 1 aliphatic rings. The van der Waals surface area contributed by atoms with E-state index in [1.54, 1.807) is 0 Å². The lowest BCUT2D eigenvalue weighted by Gasteiger charge is -2.40. The van der Waals surface area contributed by atoms with Crippen molar-refractivity contribution in [3.63, 3.8) is 0 Å². The first-order valence-electron chi connectivity index (χ1n) is 8.65. The number of rotatable bonds is 6. The minimum atomic E-state index is 0.374. The van der Waals surface area contributed by atoms with E-state index in [0.717, 1.165) is 39.1 Å². The molecule has 2 aromatic carbocycles. The van der Waals surface area contributed by atoms with E-state index in [4.69, 9.17) is 5.73 Å². The quantitative estimate of drug-likeness (QED) is 0.861. The van der Waals surface area contributed by atoms with Crippen molar-refractivity contribution in [2.24, 2.45) is 5.73 Å². The van der Waals surface area contributed by atoms with Crippen LogP contribution in [0.3, 0.4) is 0 Å². The van der Waals surface area contributed by atoms with E-state index in [9.17, 15) is 0 Å². The van der Waals surface area contributed by atoms with Gasteiger partial charge in [0.25, 0.3) is 0 Å². The Bertz CT molecular complexity index is 524. The van der Waals surface area contributed by atoms with Crippen LogP contribution in [-0.4, -0.2) is 43.7 Å². The molecule has 23 heavy (non-hydrogen) atoms. The highest BCUT2D eigenvalue weighted by atomic mass is 15.2. The Kier molecular flexibility index (Phi) is 5.81. The molecule has 1 saturated heterocycles. The maximum Gasteiger partial charge on any atom is 0.0246 e. The first-order chi connectivity index (χ1) is 11.4. The van der Waals surface area contributed by atoms with E-state index < -0.39 is 0 Å². The van der Waals surface area contributed by atoms with E-state index in [0.29, 0.717) is 12.0 Å². The van der Waals surface area contributed by atoms with Gasteiger partial charge in [0.05, 0.1) is 0 Å². The van der Waals surface area contributed by atoms with Crippen molar-refractivity contribution in [2.45, 2.75) is 18.4 Å². The van der Waals surface area contributed by atoms with E-state index in [-0.39, 0.29) is 0 Å². The van der Waals surface area contributed by atoms with Crippen molar-refractivity contribution in [3.8, 4) is 0 Å². The third-order valence-corrected chi connectivity index (χ3v) is 4.79. The standard InChI is InChI=1S/C20H27N3/c21-12-11-19(23-15-13-22-14-16-23)20(17-7-3-1-4-8-17)18-9-5-2-6-10-18/h1-10,19-20,22H,11-16,21H2. The van der Waals surface area contributed by atoms with Crippen LogP contribution in [0, 0.1) is 0 Å². The predicted molar refractivity (Wildman–Crippen MR) is 96.6 cm³/mol. The Hall–Kier alpha value is -1.68. The Balaban J connectivity index is 1.97. The molecule has 0 bridgehead atoms. The van der Waals surface area contributed by atoms with Gasteiger partial charge in [0.1, 0.15) is 0 Å². The van der Waals surface area contributed by atoms with Gasteiger partial charge in [0.2, 0.25) is 0 Å². The highest BCUT2D eigenvalue weighted by Crippen LogP contribution is 2.32. The molecule has 1 fully saturated rings. The molecular formula is C20H27N3. The molecule has 122 valence electrons. The van der Waals surface area contributed by atoms with E-state index >= 15 is 0 Å². The number of nitrogens with two attached hydrogens (primary N) is 1. The maximum atomic E-state index is 5.99. The van der Waals surface area contributed by atoms with Crippen LogP contribution in [0.4, 0.5) is 0 Å². The zero-order valence-electron chi connectivity index (χ0n) is 13.7. The fourth-order valence-corrected chi connectivity index (χ4v) is 3.70. The van der Waals surface area contributed by atoms with Crippen molar-refractivity contribution in [2.75, 3.05) is 32.7 Å². The summed E-state index contributed by atoms with van der Waals surface area (Å²) in [5.74, 6) is 0.374. The molecular weight excluding hydrogens is 282 g/mol. The third kappa shape index (κ3) is 3.99. The molecule has 3 N–H and O–H groups in total. The first kappa shape index (κ1) is 16.2. The lowest BCUT2D eigenvalue weighted by Crippen LogP contribution is -2.51. The van der Waals surface area contributed by atoms with Crippen LogP contribution >= 0.6 is 0 Å². The van der Waals surface area contributed by atoms with Gasteiger partial charge < -0.3 is 11.1 Å². The molecule has 0 radical (unpaired) electrons. The highest BCUT2D eigenvalue weighted by molar-refractivity contribution is 5.34. The van der Waals surface area contributed by atoms with E-state index in [1.807, 2.05) is 0 Å². The van der Waals surface area contributed by atoms with Crippen LogP contribution in [0.1, 0.15) is 23.5 Å². The number of nitrogens with zero attached hydrogens (tertiary/aromatic N) is 1. The average molecular weight is 309 g/mol. The van der Waals surface area contributed by atoms with Crippen LogP contribution < -0.4 is 11.1 Å². The van der Waals surface area contributed by atoms with Gasteiger partial charge in [-0.15, -0.1) is 0 Å². The van der Waals surface area contributed by atoms with Crippen molar-refractivity contribution in [1.82, 2.24) is 10.2 Å². The highest BCUT2D eigenvalue weighted by Gasteiger charge is 2.30. The lowest BCUT2D eigenvalue weighted by atomic mass is 9.82. The molecule has 3 nitrogen and oxygen atoms in total. The zero-order chi connectivity index (χ0) is 15.9. The summed E-state index contributed by atoms with van der Waals surface area (Å²) in [6.45, 7) is 5.06. The second-order valence-electron chi connectivity index (χ2n) is 6.23. The van der Waals surface area contributed by atoms with Gasteiger partial charge in [-0.05, 0) is 24.1 Å². The third-order valence-electron chi connectivity index (χ3n) is 4.79. The van der Waals surface area contributed by atoms with Crippen molar-refractivity contribution in [1.29, 1.82) is 0 Å². The molecule has 0 saturated carbocycles. The zero-order valence-corrected chi connectivity index (χ0v) is 13.7. The molecule has 3 rings (SSSR count). The summed E-state index contributed by atoms with van der Waals surface area (Å²) in [6.07, 6.45) is 1.02. The molecule has 1 unspecified atom stereocenters. The second kappa shape index (κ2) is 8.25. The van der Waals surface area contributed by atoms with Gasteiger partial charge in [-0.3, -0.25) is 4.90 Å². The van der Waals surface area contributed by atoms with Gasteiger partial charge in [-0.1, -0.05) is 60.7 Å². The molecule has 0 spiro atoms. The summed E-state index contributed by atoms with van der Waals surface area (Å²) in [5, 5.41) is 3.46. The minimum absolute atomic E-state index is 0.374. The summed E-state index contributed by atoms with van der Waals surface area (Å²) in [6, 6.07) is 22.2. The fourth-order valence-electron chi connectivity index (χ4n) is 3.70. The number of hydrogen-bond donors (Lipinski definition) is 2. The molecule has 1 atom stereocenters. The largest absolute Gasteiger partial charge is 0.330 e. The number of hydrogen-bond acceptors (Lipinski definition) is 3. The monoisotopic (exact) mass is 309 g/mol. The van der Waals surface area contributed by atoms with Crippen LogP contribution in [0.2, 0.25) is 0 Å². The van der Waals surface area contributed by atoms with Gasteiger partial charge in [-0.2, -0.15) is 0 Å². The smallest absolute Gasteiger partial charge is 0.0246 e. The van der Waals surface area contributed by atoms with E-state index in [1.165, 1.54) is 11.1 Å². The molecule has 0 aromatic heterocycles. The lowest BCUT2D eigenvalue weighted by molar-refractivity contribution is 0.153. The topological polar surface area (TPSA) is 41.3 Å². The van der Waals surface area contributed by atoms with Crippen molar-refractivity contribution in [3.05, 3.63) is 71.8 Å². The molecule has 1 heterocycles. The minimum Gasteiger partial charge on any atom is -0.330 e. The summed E-state index contributed by atoms with van der Waals surface area (Å²) in [4.78, 5) is 2.62. The van der Waals surface area contributed by atoms with Gasteiger partial charge >= 0.3 is 0 Å². The maximum absolute atomic E-state index is 5.99. The van der Waals surface area contributed by atoms with Gasteiger partial charge in [0, 0.05) is 38.1 Å². The van der Waals surface area contributed by atoms with E-state index in [2.05, 4.69) is 70.9 Å². The fraction of sp³-hybridized carbons (Fsp3) is 0.400. The predicted octanol–water partition coefficient (Wildman–Crippen LogP) is 2.44. The first-order valence-corrected chi connectivity index (χ1v) is 8.65. The summed E-state index contributed by atoms with van der Waals surface area (Å²) in [5.41, 5.74) is 8.76. The number of nitrogens with one attached hydrogen (secondary N) is 1. The van der Waals surface area contributed by atoms with Crippen molar-refractivity contribution < 1.29 is 0 Å².